The van der Waals surface area contributed by atoms with Crippen LogP contribution in [0.4, 0.5) is 10.2 Å². The quantitative estimate of drug-likeness (QED) is 0.611. The van der Waals surface area contributed by atoms with Crippen molar-refractivity contribution in [3.05, 3.63) is 71.6 Å². The van der Waals surface area contributed by atoms with Crippen LogP contribution in [0.25, 0.3) is 16.1 Å². The maximum atomic E-state index is 13.0. The molecule has 0 saturated heterocycles. The number of hydrogen-bond acceptors (Lipinski definition) is 4. The van der Waals surface area contributed by atoms with Crippen LogP contribution in [-0.4, -0.2) is 14.6 Å². The highest BCUT2D eigenvalue weighted by Crippen LogP contribution is 2.28. The summed E-state index contributed by atoms with van der Waals surface area (Å²) < 4.78 is 14.7. The monoisotopic (exact) mass is 324 g/mol. The molecule has 3 aromatic heterocycles. The number of fused-ring (bicyclic) bond motifs is 1. The molecule has 1 aromatic carbocycles. The van der Waals surface area contributed by atoms with Crippen LogP contribution in [0.2, 0.25) is 0 Å². The van der Waals surface area contributed by atoms with E-state index in [4.69, 9.17) is 0 Å². The predicted octanol–water partition coefficient (Wildman–Crippen LogP) is 4.21. The molecule has 0 aliphatic carbocycles. The number of thiophene rings is 1. The van der Waals surface area contributed by atoms with Gasteiger partial charge in [0, 0.05) is 17.6 Å². The fourth-order valence-corrected chi connectivity index (χ4v) is 3.16. The molecule has 0 fully saturated rings. The van der Waals surface area contributed by atoms with Crippen LogP contribution in [0.15, 0.2) is 60.2 Å². The van der Waals surface area contributed by atoms with Gasteiger partial charge in [-0.25, -0.2) is 9.37 Å². The molecule has 0 aliphatic heterocycles. The van der Waals surface area contributed by atoms with Gasteiger partial charge in [0.1, 0.15) is 11.6 Å². The predicted molar refractivity (Wildman–Crippen MR) is 90.0 cm³/mol. The van der Waals surface area contributed by atoms with Crippen molar-refractivity contribution in [2.75, 3.05) is 5.32 Å². The number of nitrogens with one attached hydrogen (secondary N) is 1. The zero-order chi connectivity index (χ0) is 15.6. The minimum absolute atomic E-state index is 0.229. The van der Waals surface area contributed by atoms with Crippen LogP contribution in [0.5, 0.6) is 0 Å². The fourth-order valence-electron chi connectivity index (χ4n) is 2.43. The van der Waals surface area contributed by atoms with Gasteiger partial charge in [-0.1, -0.05) is 18.2 Å². The lowest BCUT2D eigenvalue weighted by Gasteiger charge is -2.08. The highest BCUT2D eigenvalue weighted by Gasteiger charge is 2.11. The first-order valence-corrected chi connectivity index (χ1v) is 8.04. The summed E-state index contributed by atoms with van der Waals surface area (Å²) in [6, 6.07) is 12.4. The molecule has 0 radical (unpaired) electrons. The molecule has 4 rings (SSSR count). The first-order valence-electron chi connectivity index (χ1n) is 7.16. The van der Waals surface area contributed by atoms with Gasteiger partial charge in [0.15, 0.2) is 5.65 Å². The summed E-state index contributed by atoms with van der Waals surface area (Å²) in [6.07, 6.45) is 3.60. The Labute approximate surface area is 136 Å². The SMILES string of the molecule is Fc1ccc(CNc2ccnc3c(-c4cccs4)cnn23)cc1. The summed E-state index contributed by atoms with van der Waals surface area (Å²) >= 11 is 1.66. The van der Waals surface area contributed by atoms with E-state index in [0.29, 0.717) is 6.54 Å². The third-order valence-electron chi connectivity index (χ3n) is 3.57. The largest absolute Gasteiger partial charge is 0.366 e. The van der Waals surface area contributed by atoms with Gasteiger partial charge in [-0.15, -0.1) is 11.3 Å². The zero-order valence-corrected chi connectivity index (χ0v) is 12.9. The van der Waals surface area contributed by atoms with E-state index in [1.807, 2.05) is 23.7 Å². The van der Waals surface area contributed by atoms with E-state index in [9.17, 15) is 4.39 Å². The molecule has 3 heterocycles. The standard InChI is InChI=1S/C17H13FN4S/c18-13-5-3-12(4-6-13)10-20-16-7-8-19-17-14(11-21-22(16)17)15-2-1-9-23-15/h1-9,11,20H,10H2. The molecule has 23 heavy (non-hydrogen) atoms. The van der Waals surface area contributed by atoms with Gasteiger partial charge in [-0.05, 0) is 35.2 Å². The Kier molecular flexibility index (Phi) is 3.51. The molecule has 0 atom stereocenters. The first kappa shape index (κ1) is 13.9. The maximum Gasteiger partial charge on any atom is 0.166 e. The molecule has 0 aliphatic rings. The van der Waals surface area contributed by atoms with E-state index < -0.39 is 0 Å². The Hall–Kier alpha value is -2.73. The van der Waals surface area contributed by atoms with E-state index >= 15 is 0 Å². The van der Waals surface area contributed by atoms with Crippen molar-refractivity contribution in [2.45, 2.75) is 6.54 Å². The number of rotatable bonds is 4. The van der Waals surface area contributed by atoms with Crippen molar-refractivity contribution in [1.82, 2.24) is 14.6 Å². The number of benzene rings is 1. The van der Waals surface area contributed by atoms with Crippen molar-refractivity contribution in [3.63, 3.8) is 0 Å². The lowest BCUT2D eigenvalue weighted by molar-refractivity contribution is 0.627. The summed E-state index contributed by atoms with van der Waals surface area (Å²) in [5.74, 6) is 0.620. The molecule has 6 heteroatoms. The third kappa shape index (κ3) is 2.68. The topological polar surface area (TPSA) is 42.2 Å². The molecule has 4 nitrogen and oxygen atoms in total. The van der Waals surface area contributed by atoms with E-state index in [1.165, 1.54) is 12.1 Å². The van der Waals surface area contributed by atoms with Crippen LogP contribution >= 0.6 is 11.3 Å². The highest BCUT2D eigenvalue weighted by atomic mass is 32.1. The second-order valence-electron chi connectivity index (χ2n) is 5.08. The summed E-state index contributed by atoms with van der Waals surface area (Å²) in [5, 5.41) is 9.80. The minimum Gasteiger partial charge on any atom is -0.366 e. The molecule has 1 N–H and O–H groups in total. The summed E-state index contributed by atoms with van der Waals surface area (Å²) in [4.78, 5) is 5.58. The molecule has 4 aromatic rings. The van der Waals surface area contributed by atoms with Gasteiger partial charge >= 0.3 is 0 Å². The lowest BCUT2D eigenvalue weighted by Crippen LogP contribution is -2.05. The number of anilines is 1. The normalized spacial score (nSPS) is 11.0. The molecular formula is C17H13FN4S. The van der Waals surface area contributed by atoms with Crippen LogP contribution in [0.1, 0.15) is 5.56 Å². The molecular weight excluding hydrogens is 311 g/mol. The van der Waals surface area contributed by atoms with Crippen molar-refractivity contribution >= 4 is 22.8 Å². The van der Waals surface area contributed by atoms with E-state index in [0.717, 1.165) is 27.5 Å². The Bertz CT molecular complexity index is 929. The van der Waals surface area contributed by atoms with Crippen LogP contribution in [0.3, 0.4) is 0 Å². The average Bonchev–Trinajstić information content (AvgIpc) is 3.23. The van der Waals surface area contributed by atoms with Gasteiger partial charge in [-0.2, -0.15) is 9.61 Å². The van der Waals surface area contributed by atoms with Crippen molar-refractivity contribution in [2.24, 2.45) is 0 Å². The molecule has 114 valence electrons. The second kappa shape index (κ2) is 5.81. The average molecular weight is 324 g/mol. The maximum absolute atomic E-state index is 13.0. The summed E-state index contributed by atoms with van der Waals surface area (Å²) in [5.41, 5.74) is 2.84. The summed E-state index contributed by atoms with van der Waals surface area (Å²) in [7, 11) is 0. The first-order chi connectivity index (χ1) is 11.3. The zero-order valence-electron chi connectivity index (χ0n) is 12.1. The molecule has 0 spiro atoms. The van der Waals surface area contributed by atoms with E-state index in [1.54, 1.807) is 34.2 Å². The van der Waals surface area contributed by atoms with Crippen molar-refractivity contribution < 1.29 is 4.39 Å². The number of halogens is 1. The molecule has 0 bridgehead atoms. The highest BCUT2D eigenvalue weighted by molar-refractivity contribution is 7.13. The van der Waals surface area contributed by atoms with Crippen molar-refractivity contribution in [1.29, 1.82) is 0 Å². The van der Waals surface area contributed by atoms with Crippen LogP contribution in [0, 0.1) is 5.82 Å². The number of aromatic nitrogens is 3. The van der Waals surface area contributed by atoms with Gasteiger partial charge in [0.2, 0.25) is 0 Å². The van der Waals surface area contributed by atoms with Crippen LogP contribution < -0.4 is 5.32 Å². The molecule has 0 saturated carbocycles. The Morgan fingerprint density at radius 3 is 2.78 bits per heavy atom. The summed E-state index contributed by atoms with van der Waals surface area (Å²) in [6.45, 7) is 0.591. The lowest BCUT2D eigenvalue weighted by atomic mass is 10.2. The Morgan fingerprint density at radius 1 is 1.13 bits per heavy atom. The molecule has 0 amide bonds. The number of nitrogens with zero attached hydrogens (tertiary/aromatic N) is 3. The third-order valence-corrected chi connectivity index (χ3v) is 4.48. The fraction of sp³-hybridized carbons (Fsp3) is 0.0588. The van der Waals surface area contributed by atoms with Crippen molar-refractivity contribution in [3.8, 4) is 10.4 Å². The second-order valence-corrected chi connectivity index (χ2v) is 6.03. The van der Waals surface area contributed by atoms with Crippen LogP contribution in [-0.2, 0) is 6.54 Å². The van der Waals surface area contributed by atoms with Gasteiger partial charge in [0.25, 0.3) is 0 Å². The smallest absolute Gasteiger partial charge is 0.166 e. The Morgan fingerprint density at radius 2 is 2.00 bits per heavy atom. The van der Waals surface area contributed by atoms with Gasteiger partial charge in [-0.3, -0.25) is 0 Å². The minimum atomic E-state index is -0.229. The molecule has 0 unspecified atom stereocenters. The Balaban J connectivity index is 1.64. The van der Waals surface area contributed by atoms with E-state index in [2.05, 4.69) is 21.5 Å². The van der Waals surface area contributed by atoms with E-state index in [-0.39, 0.29) is 5.82 Å². The van der Waals surface area contributed by atoms with Gasteiger partial charge < -0.3 is 5.32 Å². The number of hydrogen-bond donors (Lipinski definition) is 1. The van der Waals surface area contributed by atoms with Gasteiger partial charge in [0.05, 0.1) is 11.8 Å².